The molecule has 0 radical (unpaired) electrons. The molecule has 1 heterocycles. The van der Waals surface area contributed by atoms with Crippen molar-refractivity contribution in [1.29, 1.82) is 0 Å². The van der Waals surface area contributed by atoms with Crippen LogP contribution in [0, 0.1) is 5.92 Å². The number of carbonyl (C=O) groups excluding carboxylic acids is 1. The van der Waals surface area contributed by atoms with Gasteiger partial charge in [-0.25, -0.2) is 0 Å². The van der Waals surface area contributed by atoms with E-state index in [0.717, 1.165) is 44.7 Å². The van der Waals surface area contributed by atoms with Crippen molar-refractivity contribution in [1.82, 2.24) is 9.80 Å². The highest BCUT2D eigenvalue weighted by Crippen LogP contribution is 2.19. The molecule has 4 heteroatoms. The normalized spacial score (nSPS) is 16.9. The van der Waals surface area contributed by atoms with Crippen molar-refractivity contribution >= 4 is 17.5 Å². The van der Waals surface area contributed by atoms with Crippen molar-refractivity contribution in [2.45, 2.75) is 51.9 Å². The lowest BCUT2D eigenvalue weighted by Crippen LogP contribution is -2.41. The van der Waals surface area contributed by atoms with Crippen molar-refractivity contribution in [3.8, 4) is 0 Å². The van der Waals surface area contributed by atoms with E-state index in [1.807, 2.05) is 0 Å². The number of hydrogen-bond donors (Lipinski definition) is 0. The van der Waals surface area contributed by atoms with Gasteiger partial charge in [-0.15, -0.1) is 11.6 Å². The zero-order valence-corrected chi connectivity index (χ0v) is 14.0. The summed E-state index contributed by atoms with van der Waals surface area (Å²) in [5, 5.41) is 0. The molecule has 1 saturated heterocycles. The molecule has 0 aliphatic carbocycles. The van der Waals surface area contributed by atoms with Gasteiger partial charge in [0.15, 0.2) is 0 Å². The second-order valence-electron chi connectivity index (χ2n) is 6.09. The average molecular weight is 303 g/mol. The number of amides is 1. The van der Waals surface area contributed by atoms with E-state index in [4.69, 9.17) is 11.6 Å². The second kappa shape index (κ2) is 10.4. The highest BCUT2D eigenvalue weighted by molar-refractivity contribution is 6.17. The predicted molar refractivity (Wildman–Crippen MR) is 86.3 cm³/mol. The highest BCUT2D eigenvalue weighted by atomic mass is 35.5. The number of piperidine rings is 1. The third-order valence-electron chi connectivity index (χ3n) is 4.20. The van der Waals surface area contributed by atoms with Gasteiger partial charge >= 0.3 is 0 Å². The molecule has 1 fully saturated rings. The van der Waals surface area contributed by atoms with E-state index in [2.05, 4.69) is 23.8 Å². The van der Waals surface area contributed by atoms with Crippen LogP contribution in [0.25, 0.3) is 0 Å². The van der Waals surface area contributed by atoms with Gasteiger partial charge in [-0.2, -0.15) is 0 Å². The molecule has 0 aromatic carbocycles. The minimum absolute atomic E-state index is 0.327. The van der Waals surface area contributed by atoms with Gasteiger partial charge in [0, 0.05) is 31.9 Å². The minimum Gasteiger partial charge on any atom is -0.343 e. The number of rotatable bonds is 9. The number of halogens is 1. The first-order valence-corrected chi connectivity index (χ1v) is 8.73. The monoisotopic (exact) mass is 302 g/mol. The molecule has 0 aromatic heterocycles. The molecule has 3 nitrogen and oxygen atoms in total. The summed E-state index contributed by atoms with van der Waals surface area (Å²) in [6, 6.07) is 0. The summed E-state index contributed by atoms with van der Waals surface area (Å²) >= 11 is 5.64. The molecule has 0 spiro atoms. The van der Waals surface area contributed by atoms with Crippen LogP contribution in [0.4, 0.5) is 0 Å². The van der Waals surface area contributed by atoms with Gasteiger partial charge in [0.1, 0.15) is 0 Å². The molecule has 0 atom stereocenters. The molecule has 0 unspecified atom stereocenters. The Kier molecular flexibility index (Phi) is 9.28. The SMILES string of the molecule is CCCCN(C)CC1CCN(C(=O)CCCCCl)CC1. The lowest BCUT2D eigenvalue weighted by molar-refractivity contribution is -0.132. The van der Waals surface area contributed by atoms with Gasteiger partial charge in [0.25, 0.3) is 0 Å². The van der Waals surface area contributed by atoms with Crippen LogP contribution >= 0.6 is 11.6 Å². The van der Waals surface area contributed by atoms with E-state index in [9.17, 15) is 4.79 Å². The maximum Gasteiger partial charge on any atom is 0.222 e. The molecule has 0 aromatic rings. The van der Waals surface area contributed by atoms with Crippen LogP contribution < -0.4 is 0 Å². The van der Waals surface area contributed by atoms with Crippen LogP contribution in [0.3, 0.4) is 0 Å². The Morgan fingerprint density at radius 3 is 2.55 bits per heavy atom. The van der Waals surface area contributed by atoms with Crippen LogP contribution in [0.2, 0.25) is 0 Å². The van der Waals surface area contributed by atoms with Crippen molar-refractivity contribution < 1.29 is 4.79 Å². The molecule has 1 aliphatic heterocycles. The number of unbranched alkanes of at least 4 members (excludes halogenated alkanes) is 2. The fourth-order valence-electron chi connectivity index (χ4n) is 2.85. The number of hydrogen-bond acceptors (Lipinski definition) is 2. The molecular formula is C16H31ClN2O. The molecular weight excluding hydrogens is 272 g/mol. The van der Waals surface area contributed by atoms with E-state index < -0.39 is 0 Å². The first-order chi connectivity index (χ1) is 9.67. The predicted octanol–water partition coefficient (Wildman–Crippen LogP) is 3.37. The van der Waals surface area contributed by atoms with Crippen molar-refractivity contribution in [2.75, 3.05) is 39.1 Å². The molecule has 118 valence electrons. The Labute approximate surface area is 129 Å². The van der Waals surface area contributed by atoms with Gasteiger partial charge in [0.05, 0.1) is 0 Å². The summed E-state index contributed by atoms with van der Waals surface area (Å²) < 4.78 is 0. The smallest absolute Gasteiger partial charge is 0.222 e. The third-order valence-corrected chi connectivity index (χ3v) is 4.47. The van der Waals surface area contributed by atoms with E-state index in [1.165, 1.54) is 25.9 Å². The third kappa shape index (κ3) is 6.94. The maximum atomic E-state index is 12.0. The summed E-state index contributed by atoms with van der Waals surface area (Å²) in [5.74, 6) is 1.76. The summed E-state index contributed by atoms with van der Waals surface area (Å²) in [6.45, 7) is 6.53. The van der Waals surface area contributed by atoms with Crippen LogP contribution in [0.1, 0.15) is 51.9 Å². The van der Waals surface area contributed by atoms with Crippen LogP contribution in [-0.2, 0) is 4.79 Å². The molecule has 0 bridgehead atoms. The topological polar surface area (TPSA) is 23.6 Å². The molecule has 1 amide bonds. The van der Waals surface area contributed by atoms with Gasteiger partial charge in [0.2, 0.25) is 5.91 Å². The summed E-state index contributed by atoms with van der Waals surface area (Å²) in [7, 11) is 2.22. The van der Waals surface area contributed by atoms with Gasteiger partial charge in [-0.05, 0) is 51.6 Å². The number of nitrogens with zero attached hydrogens (tertiary/aromatic N) is 2. The Balaban J connectivity index is 2.17. The molecule has 0 saturated carbocycles. The van der Waals surface area contributed by atoms with Gasteiger partial charge in [-0.1, -0.05) is 13.3 Å². The Hall–Kier alpha value is -0.280. The van der Waals surface area contributed by atoms with E-state index in [0.29, 0.717) is 18.2 Å². The first-order valence-electron chi connectivity index (χ1n) is 8.19. The minimum atomic E-state index is 0.327. The quantitative estimate of drug-likeness (QED) is 0.481. The standard InChI is InChI=1S/C16H31ClN2O/c1-3-4-11-18(2)14-15-8-12-19(13-9-15)16(20)7-5-6-10-17/h15H,3-14H2,1-2H3. The van der Waals surface area contributed by atoms with Crippen LogP contribution in [0.15, 0.2) is 0 Å². The Bertz CT molecular complexity index is 265. The van der Waals surface area contributed by atoms with Gasteiger partial charge < -0.3 is 9.80 Å². The average Bonchev–Trinajstić information content (AvgIpc) is 2.46. The van der Waals surface area contributed by atoms with Crippen LogP contribution in [0.5, 0.6) is 0 Å². The molecule has 1 aliphatic rings. The van der Waals surface area contributed by atoms with E-state index in [-0.39, 0.29) is 0 Å². The highest BCUT2D eigenvalue weighted by Gasteiger charge is 2.22. The molecule has 20 heavy (non-hydrogen) atoms. The summed E-state index contributed by atoms with van der Waals surface area (Å²) in [5.41, 5.74) is 0. The van der Waals surface area contributed by atoms with Gasteiger partial charge in [-0.3, -0.25) is 4.79 Å². The van der Waals surface area contributed by atoms with Crippen molar-refractivity contribution in [2.24, 2.45) is 5.92 Å². The molecule has 1 rings (SSSR count). The molecule has 0 N–H and O–H groups in total. The van der Waals surface area contributed by atoms with E-state index in [1.54, 1.807) is 0 Å². The number of alkyl halides is 1. The Morgan fingerprint density at radius 1 is 1.25 bits per heavy atom. The largest absolute Gasteiger partial charge is 0.343 e. The zero-order chi connectivity index (χ0) is 14.8. The van der Waals surface area contributed by atoms with Crippen molar-refractivity contribution in [3.05, 3.63) is 0 Å². The number of likely N-dealkylation sites (tertiary alicyclic amines) is 1. The maximum absolute atomic E-state index is 12.0. The first kappa shape index (κ1) is 17.8. The fraction of sp³-hybridized carbons (Fsp3) is 0.938. The van der Waals surface area contributed by atoms with E-state index >= 15 is 0 Å². The summed E-state index contributed by atoms with van der Waals surface area (Å²) in [4.78, 5) is 16.5. The second-order valence-corrected chi connectivity index (χ2v) is 6.46. The zero-order valence-electron chi connectivity index (χ0n) is 13.2. The lowest BCUT2D eigenvalue weighted by atomic mass is 9.96. The Morgan fingerprint density at radius 2 is 1.95 bits per heavy atom. The lowest BCUT2D eigenvalue weighted by Gasteiger charge is -2.34. The van der Waals surface area contributed by atoms with Crippen molar-refractivity contribution in [3.63, 3.8) is 0 Å². The summed E-state index contributed by atoms with van der Waals surface area (Å²) in [6.07, 6.45) is 7.44. The van der Waals surface area contributed by atoms with Crippen LogP contribution in [-0.4, -0.2) is 54.8 Å². The number of carbonyl (C=O) groups is 1. The fourth-order valence-corrected chi connectivity index (χ4v) is 3.04.